The third kappa shape index (κ3) is 2.56. The Balaban J connectivity index is 2.11. The van der Waals surface area contributed by atoms with Gasteiger partial charge in [0.05, 0.1) is 5.52 Å². The molecule has 0 saturated carbocycles. The SMILES string of the molecule is NCCCNCc1cccc2cccnc12. The number of nitrogens with zero attached hydrogens (tertiary/aromatic N) is 1. The summed E-state index contributed by atoms with van der Waals surface area (Å²) in [4.78, 5) is 4.42. The molecule has 1 aromatic carbocycles. The van der Waals surface area contributed by atoms with Crippen molar-refractivity contribution in [2.75, 3.05) is 13.1 Å². The summed E-state index contributed by atoms with van der Waals surface area (Å²) in [5, 5.41) is 4.57. The molecule has 0 radical (unpaired) electrons. The zero-order chi connectivity index (χ0) is 11.2. The summed E-state index contributed by atoms with van der Waals surface area (Å²) in [6, 6.07) is 10.3. The summed E-state index contributed by atoms with van der Waals surface area (Å²) < 4.78 is 0. The molecule has 3 heteroatoms. The second-order valence-electron chi connectivity index (χ2n) is 3.81. The molecule has 16 heavy (non-hydrogen) atoms. The van der Waals surface area contributed by atoms with Gasteiger partial charge in [0.1, 0.15) is 0 Å². The number of nitrogens with one attached hydrogen (secondary N) is 1. The van der Waals surface area contributed by atoms with Crippen molar-refractivity contribution in [2.24, 2.45) is 5.73 Å². The minimum absolute atomic E-state index is 0.737. The van der Waals surface area contributed by atoms with Crippen LogP contribution in [0.3, 0.4) is 0 Å². The van der Waals surface area contributed by atoms with Crippen molar-refractivity contribution < 1.29 is 0 Å². The minimum Gasteiger partial charge on any atom is -0.330 e. The molecule has 0 aliphatic heterocycles. The van der Waals surface area contributed by atoms with Gasteiger partial charge in [-0.2, -0.15) is 0 Å². The molecule has 0 amide bonds. The third-order valence-corrected chi connectivity index (χ3v) is 2.59. The normalized spacial score (nSPS) is 10.8. The second kappa shape index (κ2) is 5.58. The van der Waals surface area contributed by atoms with Gasteiger partial charge in [0.2, 0.25) is 0 Å². The van der Waals surface area contributed by atoms with Gasteiger partial charge < -0.3 is 11.1 Å². The highest BCUT2D eigenvalue weighted by molar-refractivity contribution is 5.81. The fourth-order valence-electron chi connectivity index (χ4n) is 1.76. The average molecular weight is 215 g/mol. The molecule has 0 fully saturated rings. The Labute approximate surface area is 95.7 Å². The molecule has 0 aliphatic rings. The van der Waals surface area contributed by atoms with Crippen LogP contribution >= 0.6 is 0 Å². The molecular formula is C13H17N3. The summed E-state index contributed by atoms with van der Waals surface area (Å²) >= 11 is 0. The number of hydrogen-bond donors (Lipinski definition) is 2. The number of fused-ring (bicyclic) bond motifs is 1. The Hall–Kier alpha value is -1.45. The molecule has 0 atom stereocenters. The Bertz CT molecular complexity index is 448. The zero-order valence-electron chi connectivity index (χ0n) is 9.32. The summed E-state index contributed by atoms with van der Waals surface area (Å²) in [6.07, 6.45) is 2.85. The molecule has 84 valence electrons. The lowest BCUT2D eigenvalue weighted by molar-refractivity contribution is 0.657. The molecule has 2 aromatic rings. The molecule has 1 heterocycles. The molecule has 0 bridgehead atoms. The number of rotatable bonds is 5. The van der Waals surface area contributed by atoms with E-state index in [4.69, 9.17) is 5.73 Å². The Morgan fingerprint density at radius 1 is 1.19 bits per heavy atom. The highest BCUT2D eigenvalue weighted by Gasteiger charge is 2.00. The van der Waals surface area contributed by atoms with Crippen LogP contribution in [0.1, 0.15) is 12.0 Å². The summed E-state index contributed by atoms with van der Waals surface area (Å²) in [5.74, 6) is 0. The van der Waals surface area contributed by atoms with Crippen LogP contribution in [0.5, 0.6) is 0 Å². The van der Waals surface area contributed by atoms with Gasteiger partial charge in [-0.1, -0.05) is 24.3 Å². The monoisotopic (exact) mass is 215 g/mol. The number of pyridine rings is 1. The standard InChI is InChI=1S/C13H17N3/c14-7-3-8-15-10-12-5-1-4-11-6-2-9-16-13(11)12/h1-2,4-6,9,15H,3,7-8,10,14H2. The van der Waals surface area contributed by atoms with Crippen LogP contribution in [0, 0.1) is 0 Å². The lowest BCUT2D eigenvalue weighted by Crippen LogP contribution is -2.17. The molecule has 3 N–H and O–H groups in total. The maximum atomic E-state index is 5.45. The number of benzene rings is 1. The van der Waals surface area contributed by atoms with Crippen molar-refractivity contribution in [3.63, 3.8) is 0 Å². The fourth-order valence-corrected chi connectivity index (χ4v) is 1.76. The van der Waals surface area contributed by atoms with Crippen molar-refractivity contribution >= 4 is 10.9 Å². The van der Waals surface area contributed by atoms with Crippen molar-refractivity contribution in [3.05, 3.63) is 42.1 Å². The van der Waals surface area contributed by atoms with E-state index in [9.17, 15) is 0 Å². The van der Waals surface area contributed by atoms with Crippen molar-refractivity contribution in [1.29, 1.82) is 0 Å². The van der Waals surface area contributed by atoms with E-state index in [2.05, 4.69) is 34.6 Å². The third-order valence-electron chi connectivity index (χ3n) is 2.59. The number of nitrogens with two attached hydrogens (primary N) is 1. The van der Waals surface area contributed by atoms with Gasteiger partial charge in [-0.25, -0.2) is 0 Å². The van der Waals surface area contributed by atoms with Gasteiger partial charge >= 0.3 is 0 Å². The Morgan fingerprint density at radius 3 is 2.94 bits per heavy atom. The zero-order valence-corrected chi connectivity index (χ0v) is 9.32. The van der Waals surface area contributed by atoms with E-state index >= 15 is 0 Å². The summed E-state index contributed by atoms with van der Waals surface area (Å²) in [6.45, 7) is 2.55. The number of aromatic nitrogens is 1. The first-order chi connectivity index (χ1) is 7.92. The van der Waals surface area contributed by atoms with Crippen LogP contribution in [0.4, 0.5) is 0 Å². The van der Waals surface area contributed by atoms with Crippen LogP contribution in [0.15, 0.2) is 36.5 Å². The molecular weight excluding hydrogens is 198 g/mol. The van der Waals surface area contributed by atoms with E-state index in [1.54, 1.807) is 0 Å². The fraction of sp³-hybridized carbons (Fsp3) is 0.308. The maximum absolute atomic E-state index is 5.45. The van der Waals surface area contributed by atoms with Crippen LogP contribution in [0.2, 0.25) is 0 Å². The molecule has 0 spiro atoms. The van der Waals surface area contributed by atoms with Crippen molar-refractivity contribution in [1.82, 2.24) is 10.3 Å². The lowest BCUT2D eigenvalue weighted by atomic mass is 10.1. The Kier molecular flexibility index (Phi) is 3.86. The molecule has 0 unspecified atom stereocenters. The van der Waals surface area contributed by atoms with Gasteiger partial charge in [0.15, 0.2) is 0 Å². The predicted octanol–water partition coefficient (Wildman–Crippen LogP) is 1.67. The Morgan fingerprint density at radius 2 is 2.06 bits per heavy atom. The first kappa shape index (κ1) is 11.0. The van der Waals surface area contributed by atoms with Crippen LogP contribution in [0.25, 0.3) is 10.9 Å². The molecule has 0 aliphatic carbocycles. The van der Waals surface area contributed by atoms with Crippen LogP contribution in [-0.2, 0) is 6.54 Å². The number of hydrogen-bond acceptors (Lipinski definition) is 3. The predicted molar refractivity (Wildman–Crippen MR) is 67.1 cm³/mol. The topological polar surface area (TPSA) is 50.9 Å². The highest BCUT2D eigenvalue weighted by Crippen LogP contribution is 2.15. The van der Waals surface area contributed by atoms with Crippen LogP contribution in [-0.4, -0.2) is 18.1 Å². The smallest absolute Gasteiger partial charge is 0.0746 e. The van der Waals surface area contributed by atoms with E-state index in [1.807, 2.05) is 12.3 Å². The van der Waals surface area contributed by atoms with Crippen molar-refractivity contribution in [2.45, 2.75) is 13.0 Å². The summed E-state index contributed by atoms with van der Waals surface area (Å²) in [7, 11) is 0. The highest BCUT2D eigenvalue weighted by atomic mass is 14.9. The lowest BCUT2D eigenvalue weighted by Gasteiger charge is -2.06. The van der Waals surface area contributed by atoms with Gasteiger partial charge in [0, 0.05) is 18.1 Å². The molecule has 1 aromatic heterocycles. The second-order valence-corrected chi connectivity index (χ2v) is 3.81. The van der Waals surface area contributed by atoms with Crippen LogP contribution < -0.4 is 11.1 Å². The van der Waals surface area contributed by atoms with Gasteiger partial charge in [-0.3, -0.25) is 4.98 Å². The van der Waals surface area contributed by atoms with Crippen molar-refractivity contribution in [3.8, 4) is 0 Å². The van der Waals surface area contributed by atoms with Gasteiger partial charge in [0.25, 0.3) is 0 Å². The molecule has 3 nitrogen and oxygen atoms in total. The largest absolute Gasteiger partial charge is 0.330 e. The number of para-hydroxylation sites is 1. The average Bonchev–Trinajstić information content (AvgIpc) is 2.35. The van der Waals surface area contributed by atoms with E-state index in [1.165, 1.54) is 10.9 Å². The molecule has 0 saturated heterocycles. The first-order valence-electron chi connectivity index (χ1n) is 5.65. The summed E-state index contributed by atoms with van der Waals surface area (Å²) in [5.41, 5.74) is 7.78. The maximum Gasteiger partial charge on any atom is 0.0746 e. The molecule has 2 rings (SSSR count). The minimum atomic E-state index is 0.737. The van der Waals surface area contributed by atoms with E-state index in [0.717, 1.165) is 31.6 Å². The first-order valence-corrected chi connectivity index (χ1v) is 5.65. The van der Waals surface area contributed by atoms with E-state index in [-0.39, 0.29) is 0 Å². The van der Waals surface area contributed by atoms with E-state index in [0.29, 0.717) is 0 Å². The quantitative estimate of drug-likeness (QED) is 0.746. The van der Waals surface area contributed by atoms with Gasteiger partial charge in [-0.15, -0.1) is 0 Å². The van der Waals surface area contributed by atoms with Gasteiger partial charge in [-0.05, 0) is 31.1 Å². The van der Waals surface area contributed by atoms with E-state index < -0.39 is 0 Å².